The monoisotopic (exact) mass is 172 g/mol. The van der Waals surface area contributed by atoms with E-state index in [0.29, 0.717) is 0 Å². The quantitative estimate of drug-likeness (QED) is 0.612. The molecule has 2 N–H and O–H groups in total. The Labute approximate surface area is 77.7 Å². The van der Waals surface area contributed by atoms with Crippen molar-refractivity contribution in [3.05, 3.63) is 41.1 Å². The number of nitrogens with one attached hydrogen (secondary N) is 2. The van der Waals surface area contributed by atoms with E-state index >= 15 is 0 Å². The fourth-order valence-electron chi connectivity index (χ4n) is 2.16. The van der Waals surface area contributed by atoms with Crippen molar-refractivity contribution < 1.29 is 0 Å². The van der Waals surface area contributed by atoms with E-state index in [9.17, 15) is 0 Å². The van der Waals surface area contributed by atoms with Gasteiger partial charge in [-0.1, -0.05) is 24.3 Å². The highest BCUT2D eigenvalue weighted by Crippen LogP contribution is 2.31. The Morgan fingerprint density at radius 2 is 2.08 bits per heavy atom. The van der Waals surface area contributed by atoms with Crippen molar-refractivity contribution in [2.24, 2.45) is 0 Å². The van der Waals surface area contributed by atoms with Crippen LogP contribution in [0, 0.1) is 0 Å². The summed E-state index contributed by atoms with van der Waals surface area (Å²) in [6, 6.07) is 8.66. The van der Waals surface area contributed by atoms with Crippen LogP contribution in [0.4, 0.5) is 0 Å². The molecule has 0 aromatic heterocycles. The number of allylic oxidation sites excluding steroid dienone is 1. The summed E-state index contributed by atoms with van der Waals surface area (Å²) in [5.74, 6) is 0. The first-order valence-corrected chi connectivity index (χ1v) is 4.70. The normalized spacial score (nSPS) is 19.4. The van der Waals surface area contributed by atoms with Gasteiger partial charge in [-0.15, -0.1) is 0 Å². The molecule has 1 aromatic carbocycles. The molecule has 66 valence electrons. The largest absolute Gasteiger partial charge is 0.375 e. The predicted octanol–water partition coefficient (Wildman–Crippen LogP) is 1.10. The summed E-state index contributed by atoms with van der Waals surface area (Å²) in [4.78, 5) is 0. The SMILES string of the molecule is c1ccc2c(c1)CC1=C2CNCN1. The molecule has 3 rings (SSSR count). The van der Waals surface area contributed by atoms with E-state index in [4.69, 9.17) is 0 Å². The van der Waals surface area contributed by atoms with Crippen LogP contribution in [0.15, 0.2) is 30.0 Å². The minimum atomic E-state index is 0.910. The maximum Gasteiger partial charge on any atom is 0.0653 e. The van der Waals surface area contributed by atoms with Crippen LogP contribution in [0.3, 0.4) is 0 Å². The number of hydrogen-bond donors (Lipinski definition) is 2. The van der Waals surface area contributed by atoms with Gasteiger partial charge < -0.3 is 5.32 Å². The molecule has 1 heterocycles. The highest BCUT2D eigenvalue weighted by atomic mass is 15.1. The second kappa shape index (κ2) is 2.60. The van der Waals surface area contributed by atoms with E-state index in [2.05, 4.69) is 34.9 Å². The van der Waals surface area contributed by atoms with Gasteiger partial charge in [0.1, 0.15) is 0 Å². The van der Waals surface area contributed by atoms with E-state index in [1.54, 1.807) is 0 Å². The van der Waals surface area contributed by atoms with Gasteiger partial charge in [0, 0.05) is 18.7 Å². The molecular weight excluding hydrogens is 160 g/mol. The van der Waals surface area contributed by atoms with Crippen LogP contribution in [-0.4, -0.2) is 13.2 Å². The van der Waals surface area contributed by atoms with Crippen molar-refractivity contribution in [1.29, 1.82) is 0 Å². The summed E-state index contributed by atoms with van der Waals surface area (Å²) in [6.07, 6.45) is 1.09. The molecule has 13 heavy (non-hydrogen) atoms. The third kappa shape index (κ3) is 0.988. The van der Waals surface area contributed by atoms with Crippen LogP contribution < -0.4 is 10.6 Å². The van der Waals surface area contributed by atoms with E-state index in [0.717, 1.165) is 19.6 Å². The Hall–Kier alpha value is -1.28. The first-order chi connectivity index (χ1) is 6.45. The van der Waals surface area contributed by atoms with Gasteiger partial charge in [-0.05, 0) is 16.7 Å². The molecule has 0 saturated carbocycles. The van der Waals surface area contributed by atoms with Crippen LogP contribution in [-0.2, 0) is 6.42 Å². The predicted molar refractivity (Wildman–Crippen MR) is 53.1 cm³/mol. The fraction of sp³-hybridized carbons (Fsp3) is 0.273. The average Bonchev–Trinajstić information content (AvgIpc) is 2.56. The summed E-state index contributed by atoms with van der Waals surface area (Å²) in [5, 5.41) is 6.72. The molecule has 0 unspecified atom stereocenters. The molecule has 2 heteroatoms. The molecule has 2 nitrogen and oxygen atoms in total. The van der Waals surface area contributed by atoms with Gasteiger partial charge in [-0.3, -0.25) is 5.32 Å². The average molecular weight is 172 g/mol. The van der Waals surface area contributed by atoms with Crippen LogP contribution in [0.2, 0.25) is 0 Å². The molecule has 0 spiro atoms. The summed E-state index contributed by atoms with van der Waals surface area (Å²) >= 11 is 0. The van der Waals surface area contributed by atoms with Gasteiger partial charge in [0.25, 0.3) is 0 Å². The summed E-state index contributed by atoms with van der Waals surface area (Å²) in [6.45, 7) is 1.92. The molecule has 2 aliphatic rings. The molecule has 0 bridgehead atoms. The first-order valence-electron chi connectivity index (χ1n) is 4.70. The lowest BCUT2D eigenvalue weighted by Gasteiger charge is -2.17. The lowest BCUT2D eigenvalue weighted by Crippen LogP contribution is -2.35. The Kier molecular flexibility index (Phi) is 1.43. The fourth-order valence-corrected chi connectivity index (χ4v) is 2.16. The smallest absolute Gasteiger partial charge is 0.0653 e. The zero-order valence-electron chi connectivity index (χ0n) is 7.43. The van der Waals surface area contributed by atoms with Crippen molar-refractivity contribution in [1.82, 2.24) is 10.6 Å². The second-order valence-corrected chi connectivity index (χ2v) is 3.57. The van der Waals surface area contributed by atoms with Gasteiger partial charge in [0.15, 0.2) is 0 Å². The topological polar surface area (TPSA) is 24.1 Å². The number of rotatable bonds is 0. The van der Waals surface area contributed by atoms with Crippen LogP contribution in [0.1, 0.15) is 11.1 Å². The molecule has 0 radical (unpaired) electrons. The highest BCUT2D eigenvalue weighted by Gasteiger charge is 2.22. The van der Waals surface area contributed by atoms with Crippen LogP contribution in [0.5, 0.6) is 0 Å². The second-order valence-electron chi connectivity index (χ2n) is 3.57. The third-order valence-electron chi connectivity index (χ3n) is 2.80. The van der Waals surface area contributed by atoms with E-state index in [1.807, 2.05) is 0 Å². The van der Waals surface area contributed by atoms with Crippen molar-refractivity contribution in [3.8, 4) is 0 Å². The minimum absolute atomic E-state index is 0.910. The van der Waals surface area contributed by atoms with Gasteiger partial charge in [-0.25, -0.2) is 0 Å². The van der Waals surface area contributed by atoms with Gasteiger partial charge >= 0.3 is 0 Å². The van der Waals surface area contributed by atoms with Crippen molar-refractivity contribution in [3.63, 3.8) is 0 Å². The maximum atomic E-state index is 3.40. The van der Waals surface area contributed by atoms with Crippen molar-refractivity contribution in [2.45, 2.75) is 6.42 Å². The summed E-state index contributed by atoms with van der Waals surface area (Å²) < 4.78 is 0. The van der Waals surface area contributed by atoms with Gasteiger partial charge in [0.2, 0.25) is 0 Å². The molecule has 0 saturated heterocycles. The standard InChI is InChI=1S/C11H12N2/c1-2-4-9-8(3-1)5-11-10(9)6-12-7-13-11/h1-4,12-13H,5-7H2. The van der Waals surface area contributed by atoms with E-state index < -0.39 is 0 Å². The van der Waals surface area contributed by atoms with Crippen molar-refractivity contribution >= 4 is 5.57 Å². The number of benzene rings is 1. The van der Waals surface area contributed by atoms with Crippen LogP contribution >= 0.6 is 0 Å². The minimum Gasteiger partial charge on any atom is -0.375 e. The Morgan fingerprint density at radius 1 is 1.15 bits per heavy atom. The zero-order valence-corrected chi connectivity index (χ0v) is 7.43. The summed E-state index contributed by atoms with van der Waals surface area (Å²) in [5.41, 5.74) is 5.77. The molecule has 1 aliphatic carbocycles. The van der Waals surface area contributed by atoms with Crippen LogP contribution in [0.25, 0.3) is 5.57 Å². The first kappa shape index (κ1) is 7.15. The third-order valence-corrected chi connectivity index (χ3v) is 2.80. The Balaban J connectivity index is 2.12. The Morgan fingerprint density at radius 3 is 3.08 bits per heavy atom. The summed E-state index contributed by atoms with van der Waals surface area (Å²) in [7, 11) is 0. The van der Waals surface area contributed by atoms with Gasteiger partial charge in [0.05, 0.1) is 6.67 Å². The molecule has 0 fully saturated rings. The molecular formula is C11H12N2. The zero-order chi connectivity index (χ0) is 8.67. The Bertz CT molecular complexity index is 379. The number of fused-ring (bicyclic) bond motifs is 2. The van der Waals surface area contributed by atoms with Crippen molar-refractivity contribution in [2.75, 3.05) is 13.2 Å². The molecule has 1 aliphatic heterocycles. The lowest BCUT2D eigenvalue weighted by atomic mass is 10.1. The number of hydrogen-bond acceptors (Lipinski definition) is 2. The van der Waals surface area contributed by atoms with E-state index in [-0.39, 0.29) is 0 Å². The maximum absolute atomic E-state index is 3.40. The van der Waals surface area contributed by atoms with E-state index in [1.165, 1.54) is 22.4 Å². The lowest BCUT2D eigenvalue weighted by molar-refractivity contribution is 0.645. The molecule has 0 atom stereocenters. The highest BCUT2D eigenvalue weighted by molar-refractivity contribution is 5.77. The molecule has 0 amide bonds. The molecule has 1 aromatic rings. The van der Waals surface area contributed by atoms with Gasteiger partial charge in [-0.2, -0.15) is 0 Å².